The van der Waals surface area contributed by atoms with Gasteiger partial charge in [-0.3, -0.25) is 9.10 Å². The molecule has 0 aliphatic rings. The lowest BCUT2D eigenvalue weighted by Gasteiger charge is -2.18. The lowest BCUT2D eigenvalue weighted by molar-refractivity contribution is -0.127. The summed E-state index contributed by atoms with van der Waals surface area (Å²) in [6.45, 7) is 6.37. The zero-order chi connectivity index (χ0) is 21.6. The van der Waals surface area contributed by atoms with Gasteiger partial charge < -0.3 is 14.8 Å². The minimum absolute atomic E-state index is 0.258. The molecule has 29 heavy (non-hydrogen) atoms. The predicted octanol–water partition coefficient (Wildman–Crippen LogP) is 2.66. The normalized spacial score (nSPS) is 12.2. The number of rotatable bonds is 9. The standard InChI is InChI=1S/C21H28N2O5S/c1-15-6-11-20(16(2)14-15)27-13-12-22-21(24)17(3)28-19-9-7-18(8-10-19)23(4)29(5,25)26/h6-11,14,17H,12-13H2,1-5H3,(H,22,24). The molecule has 0 spiro atoms. The number of nitrogens with one attached hydrogen (secondary N) is 1. The highest BCUT2D eigenvalue weighted by Crippen LogP contribution is 2.21. The lowest BCUT2D eigenvalue weighted by Crippen LogP contribution is -2.38. The van der Waals surface area contributed by atoms with Crippen molar-refractivity contribution < 1.29 is 22.7 Å². The Bertz CT molecular complexity index is 942. The van der Waals surface area contributed by atoms with E-state index in [1.165, 1.54) is 16.9 Å². The topological polar surface area (TPSA) is 84.9 Å². The Morgan fingerprint density at radius 2 is 1.79 bits per heavy atom. The van der Waals surface area contributed by atoms with Crippen LogP contribution < -0.4 is 19.1 Å². The maximum atomic E-state index is 12.2. The van der Waals surface area contributed by atoms with Gasteiger partial charge in [-0.1, -0.05) is 17.7 Å². The van der Waals surface area contributed by atoms with Crippen molar-refractivity contribution in [2.45, 2.75) is 26.9 Å². The van der Waals surface area contributed by atoms with E-state index in [1.54, 1.807) is 31.2 Å². The average molecular weight is 421 g/mol. The van der Waals surface area contributed by atoms with E-state index in [-0.39, 0.29) is 5.91 Å². The fourth-order valence-corrected chi connectivity index (χ4v) is 3.13. The maximum absolute atomic E-state index is 12.2. The molecule has 0 saturated carbocycles. The molecule has 0 radical (unpaired) electrons. The third-order valence-electron chi connectivity index (χ3n) is 4.37. The molecule has 0 aliphatic heterocycles. The largest absolute Gasteiger partial charge is 0.491 e. The second-order valence-electron chi connectivity index (χ2n) is 6.89. The van der Waals surface area contributed by atoms with Crippen LogP contribution in [-0.2, 0) is 14.8 Å². The summed E-state index contributed by atoms with van der Waals surface area (Å²) in [5.41, 5.74) is 2.74. The maximum Gasteiger partial charge on any atom is 0.260 e. The van der Waals surface area contributed by atoms with Crippen LogP contribution in [0.5, 0.6) is 11.5 Å². The van der Waals surface area contributed by atoms with Crippen LogP contribution in [-0.4, -0.2) is 46.9 Å². The van der Waals surface area contributed by atoms with Crippen LogP contribution in [0.1, 0.15) is 18.1 Å². The summed E-state index contributed by atoms with van der Waals surface area (Å²) in [7, 11) is -1.85. The van der Waals surface area contributed by atoms with Crippen molar-refractivity contribution in [1.29, 1.82) is 0 Å². The molecule has 0 bridgehead atoms. The number of sulfonamides is 1. The van der Waals surface area contributed by atoms with E-state index in [9.17, 15) is 13.2 Å². The third-order valence-corrected chi connectivity index (χ3v) is 5.57. The number of carbonyl (C=O) groups excluding carboxylic acids is 1. The fraction of sp³-hybridized carbons (Fsp3) is 0.381. The molecular weight excluding hydrogens is 392 g/mol. The monoisotopic (exact) mass is 420 g/mol. The van der Waals surface area contributed by atoms with Crippen LogP contribution in [0.2, 0.25) is 0 Å². The van der Waals surface area contributed by atoms with E-state index in [4.69, 9.17) is 9.47 Å². The molecule has 1 atom stereocenters. The highest BCUT2D eigenvalue weighted by atomic mass is 32.2. The molecular formula is C21H28N2O5S. The van der Waals surface area contributed by atoms with E-state index in [0.29, 0.717) is 24.6 Å². The van der Waals surface area contributed by atoms with Crippen molar-refractivity contribution in [1.82, 2.24) is 5.32 Å². The fourth-order valence-electron chi connectivity index (χ4n) is 2.62. The van der Waals surface area contributed by atoms with Crippen LogP contribution in [0.15, 0.2) is 42.5 Å². The Hall–Kier alpha value is -2.74. The second kappa shape index (κ2) is 9.65. The molecule has 0 fully saturated rings. The van der Waals surface area contributed by atoms with E-state index in [0.717, 1.165) is 17.6 Å². The summed E-state index contributed by atoms with van der Waals surface area (Å²) < 4.78 is 35.6. The highest BCUT2D eigenvalue weighted by Gasteiger charge is 2.15. The first-order valence-electron chi connectivity index (χ1n) is 9.26. The number of hydrogen-bond acceptors (Lipinski definition) is 5. The quantitative estimate of drug-likeness (QED) is 0.631. The number of carbonyl (C=O) groups is 1. The molecule has 0 aromatic heterocycles. The van der Waals surface area contributed by atoms with Gasteiger partial charge in [-0.2, -0.15) is 0 Å². The Morgan fingerprint density at radius 3 is 2.38 bits per heavy atom. The number of aryl methyl sites for hydroxylation is 2. The first-order valence-corrected chi connectivity index (χ1v) is 11.1. The van der Waals surface area contributed by atoms with Crippen LogP contribution in [0, 0.1) is 13.8 Å². The number of amides is 1. The van der Waals surface area contributed by atoms with Crippen LogP contribution in [0.3, 0.4) is 0 Å². The first kappa shape index (κ1) is 22.5. The van der Waals surface area contributed by atoms with Crippen molar-refractivity contribution in [2.24, 2.45) is 0 Å². The van der Waals surface area contributed by atoms with E-state index < -0.39 is 16.1 Å². The molecule has 7 nitrogen and oxygen atoms in total. The zero-order valence-electron chi connectivity index (χ0n) is 17.4. The average Bonchev–Trinajstić information content (AvgIpc) is 2.65. The minimum Gasteiger partial charge on any atom is -0.491 e. The number of benzene rings is 2. The van der Waals surface area contributed by atoms with Crippen molar-refractivity contribution in [2.75, 3.05) is 30.8 Å². The number of nitrogens with zero attached hydrogens (tertiary/aromatic N) is 1. The zero-order valence-corrected chi connectivity index (χ0v) is 18.2. The predicted molar refractivity (Wildman–Crippen MR) is 114 cm³/mol. The third kappa shape index (κ3) is 6.67. The number of hydrogen-bond donors (Lipinski definition) is 1. The summed E-state index contributed by atoms with van der Waals surface area (Å²) in [4.78, 5) is 12.2. The number of ether oxygens (including phenoxy) is 2. The number of anilines is 1. The smallest absolute Gasteiger partial charge is 0.260 e. The molecule has 1 amide bonds. The molecule has 0 aliphatic carbocycles. The van der Waals surface area contributed by atoms with Crippen molar-refractivity contribution in [3.8, 4) is 11.5 Å². The van der Waals surface area contributed by atoms with Crippen LogP contribution in [0.25, 0.3) is 0 Å². The molecule has 1 N–H and O–H groups in total. The van der Waals surface area contributed by atoms with E-state index >= 15 is 0 Å². The van der Waals surface area contributed by atoms with E-state index in [1.807, 2.05) is 32.0 Å². The second-order valence-corrected chi connectivity index (χ2v) is 8.91. The van der Waals surface area contributed by atoms with Crippen LogP contribution in [0.4, 0.5) is 5.69 Å². The lowest BCUT2D eigenvalue weighted by atomic mass is 10.1. The van der Waals surface area contributed by atoms with Crippen LogP contribution >= 0.6 is 0 Å². The summed E-state index contributed by atoms with van der Waals surface area (Å²) in [5, 5.41) is 2.78. The SMILES string of the molecule is Cc1ccc(OCCNC(=O)C(C)Oc2ccc(N(C)S(C)(=O)=O)cc2)c(C)c1. The molecule has 0 saturated heterocycles. The molecule has 8 heteroatoms. The summed E-state index contributed by atoms with van der Waals surface area (Å²) >= 11 is 0. The van der Waals surface area contributed by atoms with Gasteiger partial charge in [0.05, 0.1) is 18.5 Å². The highest BCUT2D eigenvalue weighted by molar-refractivity contribution is 7.92. The summed E-state index contributed by atoms with van der Waals surface area (Å²) in [5.74, 6) is 1.02. The van der Waals surface area contributed by atoms with Crippen molar-refractivity contribution in [3.05, 3.63) is 53.6 Å². The van der Waals surface area contributed by atoms with Crippen molar-refractivity contribution in [3.63, 3.8) is 0 Å². The molecule has 2 aromatic carbocycles. The van der Waals surface area contributed by atoms with Gasteiger partial charge in [0.15, 0.2) is 6.10 Å². The van der Waals surface area contributed by atoms with Gasteiger partial charge in [0.25, 0.3) is 5.91 Å². The van der Waals surface area contributed by atoms with Crippen molar-refractivity contribution >= 4 is 21.6 Å². The Morgan fingerprint density at radius 1 is 1.14 bits per heavy atom. The molecule has 0 heterocycles. The molecule has 1 unspecified atom stereocenters. The summed E-state index contributed by atoms with van der Waals surface area (Å²) in [6, 6.07) is 12.5. The molecule has 158 valence electrons. The van der Waals surface area contributed by atoms with Gasteiger partial charge in [-0.25, -0.2) is 8.42 Å². The minimum atomic E-state index is -3.33. The Balaban J connectivity index is 1.80. The first-order chi connectivity index (χ1) is 13.6. The van der Waals surface area contributed by atoms with Gasteiger partial charge >= 0.3 is 0 Å². The van der Waals surface area contributed by atoms with Gasteiger partial charge in [-0.15, -0.1) is 0 Å². The van der Waals surface area contributed by atoms with Gasteiger partial charge in [0.1, 0.15) is 18.1 Å². The molecule has 2 aromatic rings. The van der Waals surface area contributed by atoms with Gasteiger partial charge in [0, 0.05) is 7.05 Å². The summed E-state index contributed by atoms with van der Waals surface area (Å²) in [6.07, 6.45) is 0.433. The van der Waals surface area contributed by atoms with Gasteiger partial charge in [0.2, 0.25) is 10.0 Å². The molecule has 2 rings (SSSR count). The Kier molecular flexibility index (Phi) is 7.50. The Labute approximate surface area is 172 Å². The van der Waals surface area contributed by atoms with Gasteiger partial charge in [-0.05, 0) is 56.7 Å². The van der Waals surface area contributed by atoms with E-state index in [2.05, 4.69) is 5.32 Å².